The van der Waals surface area contributed by atoms with Gasteiger partial charge in [-0.05, 0) is 73.4 Å². The van der Waals surface area contributed by atoms with Crippen LogP contribution in [0.4, 0.5) is 0 Å². The Bertz CT molecular complexity index is 1070. The molecule has 1 saturated heterocycles. The second-order valence-electron chi connectivity index (χ2n) is 10.4. The monoisotopic (exact) mass is 511 g/mol. The SMILES string of the molecule is COc1ccc2c(c1)[C@@]13CCCC[C@H]1[C@@H](C2)N(CCc1ccccc1)CC3.O=C(O)[C@H](O)[C@@H](O)C(=O)O. The number of aliphatic hydroxyl groups excluding tert-OH is 2. The first-order chi connectivity index (χ1) is 17.8. The third-order valence-electron chi connectivity index (χ3n) is 8.49. The van der Waals surface area contributed by atoms with Crippen molar-refractivity contribution >= 4 is 11.9 Å². The minimum atomic E-state index is -2.27. The zero-order valence-corrected chi connectivity index (χ0v) is 21.3. The van der Waals surface area contributed by atoms with Gasteiger partial charge in [0.05, 0.1) is 7.11 Å². The lowest BCUT2D eigenvalue weighted by molar-refractivity contribution is -0.165. The standard InChI is InChI=1S/C25H31NO.C4H6O6/c1-27-21-11-10-20-17-24-22-9-5-6-13-25(22,23(20)18-21)14-16-26(24)15-12-19-7-3-2-4-8-19;5-1(3(7)8)2(6)4(9)10/h2-4,7-8,10-11,18,22,24H,5-6,9,12-17H2,1H3;1-2,5-6H,(H,7,8)(H,9,10)/t22-,24+,25+;1-,2-/m01/s1. The summed E-state index contributed by atoms with van der Waals surface area (Å²) < 4.78 is 5.59. The topological polar surface area (TPSA) is 128 Å². The van der Waals surface area contributed by atoms with E-state index in [9.17, 15) is 9.59 Å². The Kier molecular flexibility index (Phi) is 8.52. The van der Waals surface area contributed by atoms with Crippen molar-refractivity contribution in [2.45, 2.75) is 68.6 Å². The molecule has 2 aliphatic carbocycles. The van der Waals surface area contributed by atoms with E-state index in [1.54, 1.807) is 18.2 Å². The number of likely N-dealkylation sites (tertiary alicyclic amines) is 1. The number of ether oxygens (including phenoxy) is 1. The van der Waals surface area contributed by atoms with Crippen LogP contribution < -0.4 is 4.74 Å². The number of aliphatic carboxylic acids is 2. The van der Waals surface area contributed by atoms with Gasteiger partial charge in [-0.25, -0.2) is 9.59 Å². The number of carboxylic acid groups (broad SMARTS) is 2. The minimum absolute atomic E-state index is 0.411. The van der Waals surface area contributed by atoms with E-state index in [1.165, 1.54) is 63.6 Å². The molecule has 3 aliphatic rings. The normalized spacial score (nSPS) is 25.9. The average Bonchev–Trinajstić information content (AvgIpc) is 2.92. The van der Waals surface area contributed by atoms with Crippen LogP contribution >= 0.6 is 0 Å². The van der Waals surface area contributed by atoms with Gasteiger partial charge in [0, 0.05) is 18.0 Å². The molecule has 2 fully saturated rings. The van der Waals surface area contributed by atoms with Crippen molar-refractivity contribution in [1.29, 1.82) is 0 Å². The van der Waals surface area contributed by atoms with Gasteiger partial charge in [-0.3, -0.25) is 4.90 Å². The summed E-state index contributed by atoms with van der Waals surface area (Å²) in [5.41, 5.74) is 5.10. The number of hydrogen-bond acceptors (Lipinski definition) is 6. The van der Waals surface area contributed by atoms with Crippen LogP contribution in [-0.4, -0.2) is 75.7 Å². The number of hydrogen-bond donors (Lipinski definition) is 4. The Labute approximate surface area is 217 Å². The summed E-state index contributed by atoms with van der Waals surface area (Å²) in [5, 5.41) is 32.5. The van der Waals surface area contributed by atoms with E-state index >= 15 is 0 Å². The zero-order valence-electron chi connectivity index (χ0n) is 21.3. The summed E-state index contributed by atoms with van der Waals surface area (Å²) in [5.74, 6) is -1.67. The van der Waals surface area contributed by atoms with Gasteiger partial charge in [0.25, 0.3) is 0 Å². The van der Waals surface area contributed by atoms with E-state index in [4.69, 9.17) is 25.2 Å². The van der Waals surface area contributed by atoms with Crippen LogP contribution in [0, 0.1) is 5.92 Å². The smallest absolute Gasteiger partial charge is 0.335 e. The van der Waals surface area contributed by atoms with Crippen LogP contribution in [0.1, 0.15) is 48.8 Å². The molecule has 200 valence electrons. The molecule has 1 saturated carbocycles. The number of nitrogens with zero attached hydrogens (tertiary/aromatic N) is 1. The summed E-state index contributed by atoms with van der Waals surface area (Å²) in [4.78, 5) is 22.4. The van der Waals surface area contributed by atoms with Gasteiger partial charge in [0.15, 0.2) is 12.2 Å². The van der Waals surface area contributed by atoms with E-state index in [-0.39, 0.29) is 0 Å². The minimum Gasteiger partial charge on any atom is -0.497 e. The first-order valence-corrected chi connectivity index (χ1v) is 13.0. The number of benzene rings is 2. The fourth-order valence-corrected chi connectivity index (χ4v) is 6.66. The van der Waals surface area contributed by atoms with Gasteiger partial charge < -0.3 is 25.2 Å². The van der Waals surface area contributed by atoms with Crippen LogP contribution in [0.2, 0.25) is 0 Å². The fourth-order valence-electron chi connectivity index (χ4n) is 6.66. The number of carbonyl (C=O) groups is 2. The van der Waals surface area contributed by atoms with Crippen molar-refractivity contribution in [1.82, 2.24) is 4.90 Å². The third-order valence-corrected chi connectivity index (χ3v) is 8.49. The Morgan fingerprint density at radius 1 is 1.03 bits per heavy atom. The summed E-state index contributed by atoms with van der Waals surface area (Å²) in [6.45, 7) is 2.46. The third kappa shape index (κ3) is 5.66. The van der Waals surface area contributed by atoms with Crippen molar-refractivity contribution in [3.05, 3.63) is 65.2 Å². The number of piperidine rings is 1. The first kappa shape index (κ1) is 27.1. The van der Waals surface area contributed by atoms with Crippen LogP contribution in [0.15, 0.2) is 48.5 Å². The molecule has 0 spiro atoms. The highest BCUT2D eigenvalue weighted by Gasteiger charge is 2.53. The second-order valence-corrected chi connectivity index (χ2v) is 10.4. The lowest BCUT2D eigenvalue weighted by atomic mass is 9.52. The van der Waals surface area contributed by atoms with Crippen LogP contribution in [0.25, 0.3) is 0 Å². The van der Waals surface area contributed by atoms with Crippen LogP contribution in [-0.2, 0) is 27.8 Å². The van der Waals surface area contributed by atoms with E-state index in [1.807, 2.05) is 0 Å². The number of rotatable bonds is 7. The molecule has 5 rings (SSSR count). The molecule has 2 aromatic carbocycles. The van der Waals surface area contributed by atoms with Gasteiger partial charge >= 0.3 is 11.9 Å². The molecule has 2 aromatic rings. The molecular weight excluding hydrogens is 474 g/mol. The van der Waals surface area contributed by atoms with E-state index in [0.29, 0.717) is 5.41 Å². The molecule has 4 N–H and O–H groups in total. The molecule has 0 radical (unpaired) electrons. The molecule has 37 heavy (non-hydrogen) atoms. The number of aliphatic hydroxyl groups is 2. The molecule has 0 unspecified atom stereocenters. The summed E-state index contributed by atoms with van der Waals surface area (Å²) in [6, 6.07) is 18.6. The summed E-state index contributed by atoms with van der Waals surface area (Å²) in [7, 11) is 1.80. The molecule has 8 nitrogen and oxygen atoms in total. The predicted molar refractivity (Wildman–Crippen MR) is 138 cm³/mol. The maximum absolute atomic E-state index is 9.77. The lowest BCUT2D eigenvalue weighted by Crippen LogP contribution is -2.61. The van der Waals surface area contributed by atoms with Crippen LogP contribution in [0.3, 0.4) is 0 Å². The lowest BCUT2D eigenvalue weighted by Gasteiger charge is -2.59. The largest absolute Gasteiger partial charge is 0.497 e. The Morgan fingerprint density at radius 3 is 2.38 bits per heavy atom. The van der Waals surface area contributed by atoms with Crippen molar-refractivity contribution in [2.75, 3.05) is 20.2 Å². The molecule has 1 heterocycles. The summed E-state index contributed by atoms with van der Waals surface area (Å²) >= 11 is 0. The molecule has 0 amide bonds. The molecular formula is C29H37NO7. The van der Waals surface area contributed by atoms with Crippen LogP contribution in [0.5, 0.6) is 5.75 Å². The van der Waals surface area contributed by atoms with Gasteiger partial charge in [-0.2, -0.15) is 0 Å². The maximum atomic E-state index is 9.77. The van der Waals surface area contributed by atoms with E-state index < -0.39 is 24.1 Å². The predicted octanol–water partition coefficient (Wildman–Crippen LogP) is 2.87. The molecule has 5 atom stereocenters. The molecule has 2 bridgehead atoms. The number of fused-ring (bicyclic) bond motifs is 1. The van der Waals surface area contributed by atoms with E-state index in [0.717, 1.165) is 17.7 Å². The molecule has 0 aromatic heterocycles. The highest BCUT2D eigenvalue weighted by Crippen LogP contribution is 2.56. The molecule has 1 aliphatic heterocycles. The number of methoxy groups -OCH3 is 1. The van der Waals surface area contributed by atoms with Crippen molar-refractivity contribution in [3.63, 3.8) is 0 Å². The van der Waals surface area contributed by atoms with E-state index in [2.05, 4.69) is 53.4 Å². The van der Waals surface area contributed by atoms with Gasteiger partial charge in [-0.15, -0.1) is 0 Å². The van der Waals surface area contributed by atoms with Crippen molar-refractivity contribution in [2.24, 2.45) is 5.92 Å². The second kappa shape index (κ2) is 11.6. The van der Waals surface area contributed by atoms with Gasteiger partial charge in [-0.1, -0.05) is 49.2 Å². The van der Waals surface area contributed by atoms with Gasteiger partial charge in [0.2, 0.25) is 0 Å². The van der Waals surface area contributed by atoms with Gasteiger partial charge in [0.1, 0.15) is 5.75 Å². The quantitative estimate of drug-likeness (QED) is 0.447. The zero-order chi connectivity index (χ0) is 26.6. The highest BCUT2D eigenvalue weighted by atomic mass is 16.5. The Morgan fingerprint density at radius 2 is 1.73 bits per heavy atom. The van der Waals surface area contributed by atoms with Crippen molar-refractivity contribution in [3.8, 4) is 5.75 Å². The van der Waals surface area contributed by atoms with Crippen molar-refractivity contribution < 1.29 is 34.8 Å². The maximum Gasteiger partial charge on any atom is 0.335 e. The molecule has 8 heteroatoms. The Balaban J connectivity index is 0.000000275. The number of carboxylic acids is 2. The average molecular weight is 512 g/mol. The first-order valence-electron chi connectivity index (χ1n) is 13.0. The highest BCUT2D eigenvalue weighted by molar-refractivity contribution is 5.83. The Hall–Kier alpha value is -2.94. The summed E-state index contributed by atoms with van der Waals surface area (Å²) in [6.07, 6.45) is 4.77. The fraction of sp³-hybridized carbons (Fsp3) is 0.517.